The lowest BCUT2D eigenvalue weighted by Crippen LogP contribution is -1.98. The number of nitrogen functional groups attached to an aromatic ring is 1. The fourth-order valence-electron chi connectivity index (χ4n) is 1.33. The minimum atomic E-state index is -0.677. The average molecular weight is 236 g/mol. The first-order chi connectivity index (χ1) is 8.06. The molecule has 0 saturated carbocycles. The number of hydrogen-bond donors (Lipinski definition) is 1. The monoisotopic (exact) mass is 236 g/mol. The molecule has 0 saturated heterocycles. The molecule has 0 bridgehead atoms. The maximum Gasteiger partial charge on any atom is 0.221 e. The SMILES string of the molecule is Cc1cn(N=Cc2ccc(F)cc2F)c(N)n1. The smallest absolute Gasteiger partial charge is 0.221 e. The first-order valence-corrected chi connectivity index (χ1v) is 4.87. The molecule has 0 spiro atoms. The number of nitrogens with two attached hydrogens (primary N) is 1. The van der Waals surface area contributed by atoms with E-state index in [1.807, 2.05) is 0 Å². The van der Waals surface area contributed by atoms with Gasteiger partial charge in [-0.05, 0) is 19.1 Å². The second kappa shape index (κ2) is 4.32. The number of rotatable bonds is 2. The van der Waals surface area contributed by atoms with Crippen molar-refractivity contribution in [1.29, 1.82) is 0 Å². The van der Waals surface area contributed by atoms with Crippen LogP contribution in [0, 0.1) is 18.6 Å². The van der Waals surface area contributed by atoms with Crippen LogP contribution in [0.25, 0.3) is 0 Å². The maximum absolute atomic E-state index is 13.3. The van der Waals surface area contributed by atoms with E-state index >= 15 is 0 Å². The molecule has 2 N–H and O–H groups in total. The number of aryl methyl sites for hydroxylation is 1. The quantitative estimate of drug-likeness (QED) is 0.810. The number of aromatic nitrogens is 2. The van der Waals surface area contributed by atoms with Crippen LogP contribution in [0.2, 0.25) is 0 Å². The van der Waals surface area contributed by atoms with Gasteiger partial charge in [0.25, 0.3) is 0 Å². The standard InChI is InChI=1S/C11H10F2N4/c1-7-6-17(11(14)16-7)15-5-8-2-3-9(12)4-10(8)13/h2-6H,1H3,(H2,14,16). The van der Waals surface area contributed by atoms with E-state index in [1.165, 1.54) is 17.0 Å². The Labute approximate surface area is 96.4 Å². The predicted octanol–water partition coefficient (Wildman–Crippen LogP) is 1.93. The Balaban J connectivity index is 2.29. The van der Waals surface area contributed by atoms with Gasteiger partial charge in [0.2, 0.25) is 5.95 Å². The summed E-state index contributed by atoms with van der Waals surface area (Å²) in [7, 11) is 0. The van der Waals surface area contributed by atoms with E-state index in [-0.39, 0.29) is 11.5 Å². The van der Waals surface area contributed by atoms with Gasteiger partial charge in [-0.2, -0.15) is 5.10 Å². The van der Waals surface area contributed by atoms with Gasteiger partial charge < -0.3 is 5.73 Å². The largest absolute Gasteiger partial charge is 0.368 e. The number of benzene rings is 1. The minimum absolute atomic E-state index is 0.178. The number of anilines is 1. The Morgan fingerprint density at radius 1 is 1.41 bits per heavy atom. The molecule has 0 aliphatic carbocycles. The summed E-state index contributed by atoms with van der Waals surface area (Å²) < 4.78 is 27.2. The molecule has 4 nitrogen and oxygen atoms in total. The molecule has 0 radical (unpaired) electrons. The zero-order chi connectivity index (χ0) is 12.4. The van der Waals surface area contributed by atoms with Crippen LogP contribution in [-0.4, -0.2) is 15.9 Å². The highest BCUT2D eigenvalue weighted by molar-refractivity contribution is 5.79. The molecule has 0 unspecified atom stereocenters. The molecule has 0 atom stereocenters. The number of nitrogens with zero attached hydrogens (tertiary/aromatic N) is 3. The Morgan fingerprint density at radius 2 is 2.18 bits per heavy atom. The summed E-state index contributed by atoms with van der Waals surface area (Å²) in [4.78, 5) is 3.93. The van der Waals surface area contributed by atoms with Crippen molar-refractivity contribution in [2.24, 2.45) is 5.10 Å². The molecule has 1 aromatic carbocycles. The lowest BCUT2D eigenvalue weighted by Gasteiger charge is -1.97. The van der Waals surface area contributed by atoms with Gasteiger partial charge in [-0.25, -0.2) is 18.4 Å². The summed E-state index contributed by atoms with van der Waals surface area (Å²) in [5.74, 6) is -1.09. The Bertz CT molecular complexity index is 575. The molecule has 2 aromatic rings. The third-order valence-corrected chi connectivity index (χ3v) is 2.12. The van der Waals surface area contributed by atoms with E-state index in [4.69, 9.17) is 5.73 Å². The number of imidazole rings is 1. The molecule has 0 fully saturated rings. The molecule has 1 aromatic heterocycles. The van der Waals surface area contributed by atoms with Crippen LogP contribution in [0.3, 0.4) is 0 Å². The zero-order valence-electron chi connectivity index (χ0n) is 9.06. The van der Waals surface area contributed by atoms with Gasteiger partial charge in [-0.3, -0.25) is 0 Å². The summed E-state index contributed by atoms with van der Waals surface area (Å²) in [5.41, 5.74) is 6.44. The lowest BCUT2D eigenvalue weighted by atomic mass is 10.2. The highest BCUT2D eigenvalue weighted by Gasteiger charge is 2.02. The van der Waals surface area contributed by atoms with Crippen molar-refractivity contribution in [3.63, 3.8) is 0 Å². The van der Waals surface area contributed by atoms with Gasteiger partial charge in [0.05, 0.1) is 18.1 Å². The normalized spacial score (nSPS) is 11.2. The second-order valence-electron chi connectivity index (χ2n) is 3.50. The minimum Gasteiger partial charge on any atom is -0.368 e. The Morgan fingerprint density at radius 3 is 2.76 bits per heavy atom. The van der Waals surface area contributed by atoms with Crippen LogP contribution in [0.4, 0.5) is 14.7 Å². The molecular weight excluding hydrogens is 226 g/mol. The van der Waals surface area contributed by atoms with Gasteiger partial charge in [0, 0.05) is 11.6 Å². The van der Waals surface area contributed by atoms with Crippen LogP contribution in [0.15, 0.2) is 29.5 Å². The van der Waals surface area contributed by atoms with Crippen LogP contribution in [-0.2, 0) is 0 Å². The highest BCUT2D eigenvalue weighted by atomic mass is 19.1. The van der Waals surface area contributed by atoms with Crippen LogP contribution in [0.1, 0.15) is 11.3 Å². The Hall–Kier alpha value is -2.24. The fraction of sp³-hybridized carbons (Fsp3) is 0.0909. The first kappa shape index (κ1) is 11.3. The third kappa shape index (κ3) is 2.47. The molecule has 0 amide bonds. The van der Waals surface area contributed by atoms with Gasteiger partial charge in [-0.1, -0.05) is 0 Å². The van der Waals surface area contributed by atoms with Gasteiger partial charge >= 0.3 is 0 Å². The van der Waals surface area contributed by atoms with Gasteiger partial charge in [0.15, 0.2) is 0 Å². The topological polar surface area (TPSA) is 56.2 Å². The molecule has 0 aliphatic heterocycles. The summed E-state index contributed by atoms with van der Waals surface area (Å²) in [6, 6.07) is 3.25. The number of hydrogen-bond acceptors (Lipinski definition) is 3. The molecule has 0 aliphatic rings. The van der Waals surface area contributed by atoms with Crippen molar-refractivity contribution in [3.05, 3.63) is 47.3 Å². The van der Waals surface area contributed by atoms with Crippen molar-refractivity contribution in [2.75, 3.05) is 5.73 Å². The van der Waals surface area contributed by atoms with Crippen molar-refractivity contribution in [1.82, 2.24) is 9.66 Å². The van der Waals surface area contributed by atoms with Crippen LogP contribution >= 0.6 is 0 Å². The predicted molar refractivity (Wildman–Crippen MR) is 60.7 cm³/mol. The van der Waals surface area contributed by atoms with Crippen LogP contribution in [0.5, 0.6) is 0 Å². The molecule has 2 rings (SSSR count). The lowest BCUT2D eigenvalue weighted by molar-refractivity contribution is 0.582. The van der Waals surface area contributed by atoms with E-state index in [0.717, 1.165) is 12.1 Å². The van der Waals surface area contributed by atoms with Gasteiger partial charge in [0.1, 0.15) is 11.6 Å². The molecule has 1 heterocycles. The van der Waals surface area contributed by atoms with Crippen molar-refractivity contribution >= 4 is 12.2 Å². The summed E-state index contributed by atoms with van der Waals surface area (Å²) in [5, 5.41) is 3.93. The van der Waals surface area contributed by atoms with E-state index in [1.54, 1.807) is 13.1 Å². The second-order valence-corrected chi connectivity index (χ2v) is 3.50. The van der Waals surface area contributed by atoms with Crippen LogP contribution < -0.4 is 5.73 Å². The molecule has 6 heteroatoms. The molecular formula is C11H10F2N4. The highest BCUT2D eigenvalue weighted by Crippen LogP contribution is 2.08. The first-order valence-electron chi connectivity index (χ1n) is 4.87. The summed E-state index contributed by atoms with van der Waals surface area (Å²) in [6.07, 6.45) is 2.86. The Kier molecular flexibility index (Phi) is 2.86. The number of halogens is 2. The third-order valence-electron chi connectivity index (χ3n) is 2.12. The summed E-state index contributed by atoms with van der Waals surface area (Å²) in [6.45, 7) is 1.76. The maximum atomic E-state index is 13.3. The van der Waals surface area contributed by atoms with Gasteiger partial charge in [-0.15, -0.1) is 0 Å². The van der Waals surface area contributed by atoms with Crippen molar-refractivity contribution in [2.45, 2.75) is 6.92 Å². The fourth-order valence-corrected chi connectivity index (χ4v) is 1.33. The van der Waals surface area contributed by atoms with E-state index in [9.17, 15) is 8.78 Å². The van der Waals surface area contributed by atoms with E-state index in [2.05, 4.69) is 10.1 Å². The van der Waals surface area contributed by atoms with E-state index in [0.29, 0.717) is 5.69 Å². The molecule has 17 heavy (non-hydrogen) atoms. The molecule has 88 valence electrons. The zero-order valence-corrected chi connectivity index (χ0v) is 9.06. The van der Waals surface area contributed by atoms with E-state index < -0.39 is 11.6 Å². The van der Waals surface area contributed by atoms with Crippen molar-refractivity contribution in [3.8, 4) is 0 Å². The summed E-state index contributed by atoms with van der Waals surface area (Å²) >= 11 is 0. The van der Waals surface area contributed by atoms with Crippen molar-refractivity contribution < 1.29 is 8.78 Å². The average Bonchev–Trinajstić information content (AvgIpc) is 2.56.